The molecule has 2 atom stereocenters. The second kappa shape index (κ2) is 9.32. The first kappa shape index (κ1) is 21.7. The zero-order valence-corrected chi connectivity index (χ0v) is 17.9. The van der Waals surface area contributed by atoms with Gasteiger partial charge in [0.2, 0.25) is 5.95 Å². The van der Waals surface area contributed by atoms with Gasteiger partial charge in [0.15, 0.2) is 5.82 Å². The second-order valence-electron chi connectivity index (χ2n) is 7.25. The molecule has 7 nitrogen and oxygen atoms in total. The van der Waals surface area contributed by atoms with E-state index in [1.807, 2.05) is 0 Å². The molecule has 0 unspecified atom stereocenters. The molecule has 0 spiro atoms. The molecule has 3 N–H and O–H groups in total. The van der Waals surface area contributed by atoms with E-state index in [9.17, 15) is 9.50 Å². The highest BCUT2D eigenvalue weighted by molar-refractivity contribution is 6.43. The van der Waals surface area contributed by atoms with Crippen molar-refractivity contribution in [3.8, 4) is 11.3 Å². The predicted octanol–water partition coefficient (Wildman–Crippen LogP) is 3.72. The van der Waals surface area contributed by atoms with Crippen LogP contribution in [0, 0.1) is 5.82 Å². The van der Waals surface area contributed by atoms with Crippen LogP contribution in [0.2, 0.25) is 10.0 Å². The molecule has 0 aliphatic carbocycles. The SMILES string of the molecule is Nc1nc(N2C[C@H](O)C[C@H]2COCc2ccccc2F)nnc1-c1cccc(Cl)c1Cl. The van der Waals surface area contributed by atoms with Gasteiger partial charge in [-0.1, -0.05) is 53.5 Å². The van der Waals surface area contributed by atoms with Crippen molar-refractivity contribution in [3.63, 3.8) is 0 Å². The summed E-state index contributed by atoms with van der Waals surface area (Å²) in [6.07, 6.45) is -0.114. The molecule has 0 saturated carbocycles. The van der Waals surface area contributed by atoms with Crippen molar-refractivity contribution in [2.75, 3.05) is 23.8 Å². The molecule has 1 aliphatic rings. The Bertz CT molecular complexity index is 1090. The van der Waals surface area contributed by atoms with Crippen molar-refractivity contribution in [1.82, 2.24) is 15.2 Å². The number of ether oxygens (including phenoxy) is 1. The van der Waals surface area contributed by atoms with Crippen molar-refractivity contribution < 1.29 is 14.2 Å². The van der Waals surface area contributed by atoms with Gasteiger partial charge >= 0.3 is 0 Å². The summed E-state index contributed by atoms with van der Waals surface area (Å²) >= 11 is 12.3. The van der Waals surface area contributed by atoms with Gasteiger partial charge in [-0.15, -0.1) is 10.2 Å². The van der Waals surface area contributed by atoms with Gasteiger partial charge in [0.1, 0.15) is 11.5 Å². The molecule has 4 rings (SSSR count). The fourth-order valence-corrected chi connectivity index (χ4v) is 3.93. The van der Waals surface area contributed by atoms with Crippen molar-refractivity contribution in [3.05, 3.63) is 63.9 Å². The summed E-state index contributed by atoms with van der Waals surface area (Å²) in [4.78, 5) is 6.16. The molecular weight excluding hydrogens is 444 g/mol. The van der Waals surface area contributed by atoms with Crippen LogP contribution in [0.15, 0.2) is 42.5 Å². The molecule has 2 heterocycles. The molecule has 162 valence electrons. The molecule has 3 aromatic rings. The largest absolute Gasteiger partial charge is 0.391 e. The van der Waals surface area contributed by atoms with E-state index in [0.29, 0.717) is 39.8 Å². The Hall–Kier alpha value is -2.52. The molecule has 1 saturated heterocycles. The number of hydrogen-bond acceptors (Lipinski definition) is 7. The molecule has 0 radical (unpaired) electrons. The monoisotopic (exact) mass is 463 g/mol. The van der Waals surface area contributed by atoms with Crippen LogP contribution in [-0.2, 0) is 11.3 Å². The van der Waals surface area contributed by atoms with Crippen LogP contribution in [0.5, 0.6) is 0 Å². The predicted molar refractivity (Wildman–Crippen MR) is 118 cm³/mol. The van der Waals surface area contributed by atoms with Gasteiger partial charge in [0.05, 0.1) is 35.4 Å². The number of aromatic nitrogens is 3. The number of β-amino-alcohol motifs (C(OH)–C–C–N with tert-alkyl or cyclic N) is 1. The summed E-state index contributed by atoms with van der Waals surface area (Å²) < 4.78 is 19.5. The third-order valence-electron chi connectivity index (χ3n) is 5.08. The van der Waals surface area contributed by atoms with Gasteiger partial charge in [0, 0.05) is 17.7 Å². The summed E-state index contributed by atoms with van der Waals surface area (Å²) in [5.41, 5.74) is 7.46. The van der Waals surface area contributed by atoms with E-state index < -0.39 is 6.10 Å². The summed E-state index contributed by atoms with van der Waals surface area (Å²) in [7, 11) is 0. The third kappa shape index (κ3) is 4.72. The summed E-state index contributed by atoms with van der Waals surface area (Å²) in [6.45, 7) is 0.698. The molecule has 10 heteroatoms. The van der Waals surface area contributed by atoms with Crippen molar-refractivity contribution in [2.45, 2.75) is 25.2 Å². The minimum atomic E-state index is -0.575. The number of aliphatic hydroxyl groups is 1. The normalized spacial score (nSPS) is 18.5. The molecule has 1 fully saturated rings. The highest BCUT2D eigenvalue weighted by Gasteiger charge is 2.33. The van der Waals surface area contributed by atoms with Crippen LogP contribution < -0.4 is 10.6 Å². The minimum absolute atomic E-state index is 0.126. The number of halogens is 3. The molecule has 1 aliphatic heterocycles. The van der Waals surface area contributed by atoms with E-state index in [-0.39, 0.29) is 36.8 Å². The Labute approximate surface area is 188 Å². The maximum atomic E-state index is 13.8. The fraction of sp³-hybridized carbons (Fsp3) is 0.286. The summed E-state index contributed by atoms with van der Waals surface area (Å²) in [5.74, 6) is 0.0957. The smallest absolute Gasteiger partial charge is 0.247 e. The lowest BCUT2D eigenvalue weighted by Gasteiger charge is -2.24. The minimum Gasteiger partial charge on any atom is -0.391 e. The molecule has 2 aromatic carbocycles. The van der Waals surface area contributed by atoms with Crippen LogP contribution in [0.3, 0.4) is 0 Å². The first-order valence-corrected chi connectivity index (χ1v) is 10.4. The average molecular weight is 464 g/mol. The van der Waals surface area contributed by atoms with Gasteiger partial charge in [0.25, 0.3) is 0 Å². The van der Waals surface area contributed by atoms with E-state index in [4.69, 9.17) is 33.7 Å². The van der Waals surface area contributed by atoms with Gasteiger partial charge in [-0.05, 0) is 18.6 Å². The number of rotatable bonds is 6. The molecular formula is C21H20Cl2FN5O2. The Balaban J connectivity index is 1.50. The number of anilines is 2. The zero-order chi connectivity index (χ0) is 22.0. The number of nitrogens with zero attached hydrogens (tertiary/aromatic N) is 4. The van der Waals surface area contributed by atoms with Crippen LogP contribution in [0.1, 0.15) is 12.0 Å². The van der Waals surface area contributed by atoms with Crippen molar-refractivity contribution in [2.24, 2.45) is 0 Å². The maximum absolute atomic E-state index is 13.8. The standard InChI is InChI=1S/C21H20Cl2FN5O2/c22-16-6-3-5-15(18(16)23)19-20(25)26-21(28-27-19)29-9-14(30)8-13(29)11-31-10-12-4-1-2-7-17(12)24/h1-7,13-14,30H,8-11H2,(H2,25,26,28)/t13-,14+/m0/s1. The van der Waals surface area contributed by atoms with E-state index in [1.165, 1.54) is 6.07 Å². The Morgan fingerprint density at radius 2 is 1.97 bits per heavy atom. The second-order valence-corrected chi connectivity index (χ2v) is 8.03. The quantitative estimate of drug-likeness (QED) is 0.574. The molecule has 0 bridgehead atoms. The highest BCUT2D eigenvalue weighted by Crippen LogP contribution is 2.35. The molecule has 31 heavy (non-hydrogen) atoms. The number of benzene rings is 2. The summed E-state index contributed by atoms with van der Waals surface area (Å²) in [6, 6.07) is 11.4. The molecule has 0 amide bonds. The van der Waals surface area contributed by atoms with Gasteiger partial charge in [-0.25, -0.2) is 4.39 Å². The van der Waals surface area contributed by atoms with Crippen molar-refractivity contribution in [1.29, 1.82) is 0 Å². The highest BCUT2D eigenvalue weighted by atomic mass is 35.5. The van der Waals surface area contributed by atoms with E-state index in [1.54, 1.807) is 41.3 Å². The topological polar surface area (TPSA) is 97.4 Å². The zero-order valence-electron chi connectivity index (χ0n) is 16.4. The number of aliphatic hydroxyl groups excluding tert-OH is 1. The van der Waals surface area contributed by atoms with Crippen molar-refractivity contribution >= 4 is 35.0 Å². The number of nitrogens with two attached hydrogens (primary N) is 1. The molecule has 1 aromatic heterocycles. The van der Waals surface area contributed by atoms with Gasteiger partial charge < -0.3 is 20.5 Å². The van der Waals surface area contributed by atoms with Crippen LogP contribution in [0.4, 0.5) is 16.2 Å². The van der Waals surface area contributed by atoms with E-state index >= 15 is 0 Å². The van der Waals surface area contributed by atoms with E-state index in [2.05, 4.69) is 15.2 Å². The summed E-state index contributed by atoms with van der Waals surface area (Å²) in [5, 5.41) is 19.2. The number of hydrogen-bond donors (Lipinski definition) is 2. The first-order valence-electron chi connectivity index (χ1n) is 9.64. The van der Waals surface area contributed by atoms with Crippen LogP contribution in [0.25, 0.3) is 11.3 Å². The van der Waals surface area contributed by atoms with Gasteiger partial charge in [-0.3, -0.25) is 0 Å². The Morgan fingerprint density at radius 3 is 2.74 bits per heavy atom. The Morgan fingerprint density at radius 1 is 1.16 bits per heavy atom. The average Bonchev–Trinajstić information content (AvgIpc) is 3.12. The van der Waals surface area contributed by atoms with Crippen LogP contribution >= 0.6 is 23.2 Å². The maximum Gasteiger partial charge on any atom is 0.247 e. The Kier molecular flexibility index (Phi) is 6.52. The lowest BCUT2D eigenvalue weighted by molar-refractivity contribution is 0.100. The lowest BCUT2D eigenvalue weighted by Crippen LogP contribution is -2.35. The van der Waals surface area contributed by atoms with Crippen LogP contribution in [-0.4, -0.2) is 45.6 Å². The van der Waals surface area contributed by atoms with Gasteiger partial charge in [-0.2, -0.15) is 4.98 Å². The lowest BCUT2D eigenvalue weighted by atomic mass is 10.1. The first-order chi connectivity index (χ1) is 14.9. The van der Waals surface area contributed by atoms with E-state index in [0.717, 1.165) is 0 Å². The number of nitrogen functional groups attached to an aromatic ring is 1. The third-order valence-corrected chi connectivity index (χ3v) is 5.90. The fourth-order valence-electron chi connectivity index (χ4n) is 3.54.